The molecule has 0 spiro atoms. The molecule has 7 nitrogen and oxygen atoms in total. The largest absolute Gasteiger partial charge is 0.473 e. The minimum absolute atomic E-state index is 0.226. The van der Waals surface area contributed by atoms with Crippen molar-refractivity contribution < 1.29 is 23.8 Å². The number of carbonyl (C=O) groups excluding carboxylic acids is 1. The van der Waals surface area contributed by atoms with Crippen LogP contribution in [0.25, 0.3) is 0 Å². The summed E-state index contributed by atoms with van der Waals surface area (Å²) in [5.41, 5.74) is 4.76. The van der Waals surface area contributed by atoms with Crippen molar-refractivity contribution in [1.82, 2.24) is 4.98 Å². The summed E-state index contributed by atoms with van der Waals surface area (Å²) < 4.78 is 16.1. The van der Waals surface area contributed by atoms with Crippen LogP contribution in [0.5, 0.6) is 5.88 Å². The summed E-state index contributed by atoms with van der Waals surface area (Å²) in [6.07, 6.45) is -0.816. The Bertz CT molecular complexity index is 864. The third kappa shape index (κ3) is 4.86. The van der Waals surface area contributed by atoms with E-state index in [1.165, 1.54) is 21.3 Å². The first-order valence-electron chi connectivity index (χ1n) is 8.80. The van der Waals surface area contributed by atoms with E-state index >= 15 is 0 Å². The number of pyridine rings is 1. The summed E-state index contributed by atoms with van der Waals surface area (Å²) in [6.45, 7) is 5.94. The fourth-order valence-electron chi connectivity index (χ4n) is 2.95. The van der Waals surface area contributed by atoms with Crippen LogP contribution in [-0.2, 0) is 25.7 Å². The van der Waals surface area contributed by atoms with Gasteiger partial charge in [-0.1, -0.05) is 29.4 Å². The van der Waals surface area contributed by atoms with E-state index in [0.29, 0.717) is 22.8 Å². The number of benzene rings is 1. The molecule has 2 rings (SSSR count). The molecule has 150 valence electrons. The van der Waals surface area contributed by atoms with Crippen LogP contribution in [0.3, 0.4) is 0 Å². The zero-order valence-electron chi connectivity index (χ0n) is 17.1. The van der Waals surface area contributed by atoms with Crippen molar-refractivity contribution in [2.45, 2.75) is 33.5 Å². The second-order valence-corrected chi connectivity index (χ2v) is 6.26. The van der Waals surface area contributed by atoms with Gasteiger partial charge in [-0.3, -0.25) is 0 Å². The maximum Gasteiger partial charge on any atom is 0.339 e. The summed E-state index contributed by atoms with van der Waals surface area (Å²) in [7, 11) is 4.29. The minimum Gasteiger partial charge on any atom is -0.473 e. The SMILES string of the molecule is CO/N=C(/C)c1nc(OCc2ccccc2C(OC)C(=O)OC)c(C)cc1C. The van der Waals surface area contributed by atoms with Crippen LogP contribution in [0.2, 0.25) is 0 Å². The number of hydrogen-bond donors (Lipinski definition) is 0. The van der Waals surface area contributed by atoms with Crippen LogP contribution in [-0.4, -0.2) is 38.0 Å². The van der Waals surface area contributed by atoms with Crippen molar-refractivity contribution in [1.29, 1.82) is 0 Å². The maximum atomic E-state index is 12.0. The second-order valence-electron chi connectivity index (χ2n) is 6.26. The van der Waals surface area contributed by atoms with Crippen LogP contribution in [0.1, 0.15) is 41.0 Å². The molecule has 0 N–H and O–H groups in total. The van der Waals surface area contributed by atoms with Crippen molar-refractivity contribution in [2.24, 2.45) is 5.16 Å². The van der Waals surface area contributed by atoms with Gasteiger partial charge in [0.05, 0.1) is 12.8 Å². The number of aromatic nitrogens is 1. The fraction of sp³-hybridized carbons (Fsp3) is 0.381. The van der Waals surface area contributed by atoms with Crippen LogP contribution >= 0.6 is 0 Å². The lowest BCUT2D eigenvalue weighted by atomic mass is 10.0. The maximum absolute atomic E-state index is 12.0. The zero-order valence-corrected chi connectivity index (χ0v) is 17.1. The first-order chi connectivity index (χ1) is 13.4. The lowest BCUT2D eigenvalue weighted by Crippen LogP contribution is -2.18. The first-order valence-corrected chi connectivity index (χ1v) is 8.80. The summed E-state index contributed by atoms with van der Waals surface area (Å²) in [5.74, 6) is 0.0290. The number of ether oxygens (including phenoxy) is 3. The number of oxime groups is 1. The fourth-order valence-corrected chi connectivity index (χ4v) is 2.95. The molecule has 0 saturated carbocycles. The molecule has 1 heterocycles. The van der Waals surface area contributed by atoms with Gasteiger partial charge in [0.2, 0.25) is 5.88 Å². The highest BCUT2D eigenvalue weighted by Gasteiger charge is 2.23. The molecule has 1 aromatic heterocycles. The van der Waals surface area contributed by atoms with E-state index in [0.717, 1.165) is 16.7 Å². The highest BCUT2D eigenvalue weighted by molar-refractivity contribution is 5.98. The normalized spacial score (nSPS) is 12.4. The molecular formula is C21H26N2O5. The van der Waals surface area contributed by atoms with Crippen molar-refractivity contribution in [3.8, 4) is 5.88 Å². The van der Waals surface area contributed by atoms with E-state index in [1.807, 2.05) is 51.1 Å². The van der Waals surface area contributed by atoms with Crippen molar-refractivity contribution in [2.75, 3.05) is 21.3 Å². The lowest BCUT2D eigenvalue weighted by Gasteiger charge is -2.18. The summed E-state index contributed by atoms with van der Waals surface area (Å²) in [4.78, 5) is 21.5. The van der Waals surface area contributed by atoms with Gasteiger partial charge in [-0.05, 0) is 43.5 Å². The quantitative estimate of drug-likeness (QED) is 0.392. The van der Waals surface area contributed by atoms with E-state index in [-0.39, 0.29) is 6.61 Å². The monoisotopic (exact) mass is 386 g/mol. The standard InChI is InChI=1S/C21H26N2O5/c1-13-11-14(2)20(22-18(13)15(3)23-27-6)28-12-16-9-7-8-10-17(16)19(25-4)21(24)26-5/h7-11,19H,12H2,1-6H3/b23-15-. The molecule has 0 amide bonds. The number of esters is 1. The Morgan fingerprint density at radius 3 is 2.50 bits per heavy atom. The summed E-state index contributed by atoms with van der Waals surface area (Å²) >= 11 is 0. The molecular weight excluding hydrogens is 360 g/mol. The molecule has 0 bridgehead atoms. The molecule has 1 unspecified atom stereocenters. The zero-order chi connectivity index (χ0) is 20.7. The van der Waals surface area contributed by atoms with Gasteiger partial charge in [0.15, 0.2) is 6.10 Å². The molecule has 1 atom stereocenters. The van der Waals surface area contributed by atoms with Crippen molar-refractivity contribution in [3.05, 3.63) is 58.3 Å². The Labute approximate surface area is 165 Å². The smallest absolute Gasteiger partial charge is 0.339 e. The van der Waals surface area contributed by atoms with Gasteiger partial charge in [-0.2, -0.15) is 0 Å². The topological polar surface area (TPSA) is 79.2 Å². The molecule has 28 heavy (non-hydrogen) atoms. The van der Waals surface area contributed by atoms with E-state index in [1.54, 1.807) is 0 Å². The molecule has 0 fully saturated rings. The summed E-state index contributed by atoms with van der Waals surface area (Å²) in [6, 6.07) is 9.41. The minimum atomic E-state index is -0.816. The van der Waals surface area contributed by atoms with Gasteiger partial charge < -0.3 is 19.0 Å². The van der Waals surface area contributed by atoms with E-state index in [4.69, 9.17) is 19.0 Å². The molecule has 0 aliphatic rings. The third-order valence-electron chi connectivity index (χ3n) is 4.28. The van der Waals surface area contributed by atoms with Crippen LogP contribution in [0.15, 0.2) is 35.5 Å². The Hall–Kier alpha value is -2.93. The van der Waals surface area contributed by atoms with E-state index < -0.39 is 12.1 Å². The van der Waals surface area contributed by atoms with Gasteiger partial charge in [0.1, 0.15) is 19.4 Å². The average Bonchev–Trinajstić information content (AvgIpc) is 2.68. The molecule has 1 aromatic carbocycles. The van der Waals surface area contributed by atoms with Crippen LogP contribution < -0.4 is 4.74 Å². The lowest BCUT2D eigenvalue weighted by molar-refractivity contribution is -0.152. The summed E-state index contributed by atoms with van der Waals surface area (Å²) in [5, 5.41) is 3.95. The molecule has 7 heteroatoms. The molecule has 2 aromatic rings. The highest BCUT2D eigenvalue weighted by Crippen LogP contribution is 2.25. The van der Waals surface area contributed by atoms with Crippen molar-refractivity contribution in [3.63, 3.8) is 0 Å². The Kier molecular flexibility index (Phi) is 7.52. The van der Waals surface area contributed by atoms with Crippen LogP contribution in [0.4, 0.5) is 0 Å². The molecule has 0 aliphatic heterocycles. The van der Waals surface area contributed by atoms with Gasteiger partial charge >= 0.3 is 5.97 Å². The van der Waals surface area contributed by atoms with Gasteiger partial charge in [-0.25, -0.2) is 9.78 Å². The number of hydrogen-bond acceptors (Lipinski definition) is 7. The Morgan fingerprint density at radius 2 is 1.86 bits per heavy atom. The highest BCUT2D eigenvalue weighted by atomic mass is 16.6. The van der Waals surface area contributed by atoms with Crippen molar-refractivity contribution >= 4 is 11.7 Å². The third-order valence-corrected chi connectivity index (χ3v) is 4.28. The second kappa shape index (κ2) is 9.85. The number of nitrogens with zero attached hydrogens (tertiary/aromatic N) is 2. The molecule has 0 aliphatic carbocycles. The Morgan fingerprint density at radius 1 is 1.14 bits per heavy atom. The average molecular weight is 386 g/mol. The van der Waals surface area contributed by atoms with Gasteiger partial charge in [-0.15, -0.1) is 0 Å². The Balaban J connectivity index is 2.31. The van der Waals surface area contributed by atoms with E-state index in [9.17, 15) is 4.79 Å². The van der Waals surface area contributed by atoms with Gasteiger partial charge in [0, 0.05) is 12.7 Å². The van der Waals surface area contributed by atoms with E-state index in [2.05, 4.69) is 10.1 Å². The number of methoxy groups -OCH3 is 2. The molecule has 0 radical (unpaired) electrons. The predicted octanol–water partition coefficient (Wildman–Crippen LogP) is 3.51. The number of aryl methyl sites for hydroxylation is 2. The number of rotatable bonds is 8. The van der Waals surface area contributed by atoms with Crippen LogP contribution in [0, 0.1) is 13.8 Å². The van der Waals surface area contributed by atoms with Gasteiger partial charge in [0.25, 0.3) is 0 Å². The number of carbonyl (C=O) groups is 1. The first kappa shape index (κ1) is 21.4. The predicted molar refractivity (Wildman–Crippen MR) is 105 cm³/mol. The molecule has 0 saturated heterocycles.